The third kappa shape index (κ3) is 4.79. The SMILES string of the molecule is COc1ccc([C@H](OC(=O)c2ccco2)C(=O)NCc2ccc(C)cc2)cc1. The van der Waals surface area contributed by atoms with Crippen molar-refractivity contribution < 1.29 is 23.5 Å². The highest BCUT2D eigenvalue weighted by Crippen LogP contribution is 2.23. The van der Waals surface area contributed by atoms with E-state index < -0.39 is 18.0 Å². The Morgan fingerprint density at radius 3 is 2.36 bits per heavy atom. The first-order chi connectivity index (χ1) is 13.6. The summed E-state index contributed by atoms with van der Waals surface area (Å²) in [7, 11) is 1.55. The molecule has 0 aliphatic heterocycles. The van der Waals surface area contributed by atoms with E-state index in [9.17, 15) is 9.59 Å². The fourth-order valence-electron chi connectivity index (χ4n) is 2.60. The van der Waals surface area contributed by atoms with Crippen LogP contribution in [0.2, 0.25) is 0 Å². The average Bonchev–Trinajstić information content (AvgIpc) is 3.26. The Kier molecular flexibility index (Phi) is 6.11. The normalized spacial score (nSPS) is 11.5. The lowest BCUT2D eigenvalue weighted by Crippen LogP contribution is -2.31. The summed E-state index contributed by atoms with van der Waals surface area (Å²) in [5.41, 5.74) is 2.62. The van der Waals surface area contributed by atoms with E-state index in [4.69, 9.17) is 13.9 Å². The van der Waals surface area contributed by atoms with E-state index in [0.717, 1.165) is 11.1 Å². The molecule has 1 amide bonds. The van der Waals surface area contributed by atoms with Crippen LogP contribution in [0.25, 0.3) is 0 Å². The Balaban J connectivity index is 1.76. The van der Waals surface area contributed by atoms with Gasteiger partial charge in [0.25, 0.3) is 5.91 Å². The van der Waals surface area contributed by atoms with Crippen molar-refractivity contribution >= 4 is 11.9 Å². The fraction of sp³-hybridized carbons (Fsp3) is 0.182. The van der Waals surface area contributed by atoms with Gasteiger partial charge in [-0.25, -0.2) is 4.79 Å². The zero-order chi connectivity index (χ0) is 19.9. The van der Waals surface area contributed by atoms with Crippen molar-refractivity contribution in [2.24, 2.45) is 0 Å². The maximum Gasteiger partial charge on any atom is 0.375 e. The van der Waals surface area contributed by atoms with E-state index in [1.165, 1.54) is 12.3 Å². The highest BCUT2D eigenvalue weighted by Gasteiger charge is 2.26. The molecule has 1 aromatic heterocycles. The van der Waals surface area contributed by atoms with Crippen molar-refractivity contribution in [3.63, 3.8) is 0 Å². The molecule has 1 heterocycles. The Morgan fingerprint density at radius 2 is 1.75 bits per heavy atom. The Bertz CT molecular complexity index is 915. The van der Waals surface area contributed by atoms with Crippen LogP contribution in [0.4, 0.5) is 0 Å². The van der Waals surface area contributed by atoms with Crippen LogP contribution in [0.5, 0.6) is 5.75 Å². The van der Waals surface area contributed by atoms with Crippen molar-refractivity contribution in [3.05, 3.63) is 89.4 Å². The molecule has 3 aromatic rings. The van der Waals surface area contributed by atoms with E-state index in [1.807, 2.05) is 31.2 Å². The van der Waals surface area contributed by atoms with Gasteiger partial charge in [0.15, 0.2) is 0 Å². The smallest absolute Gasteiger partial charge is 0.375 e. The zero-order valence-corrected chi connectivity index (χ0v) is 15.7. The highest BCUT2D eigenvalue weighted by atomic mass is 16.6. The number of esters is 1. The minimum Gasteiger partial charge on any atom is -0.497 e. The molecule has 0 fully saturated rings. The van der Waals surface area contributed by atoms with Gasteiger partial charge < -0.3 is 19.2 Å². The van der Waals surface area contributed by atoms with Gasteiger partial charge in [-0.1, -0.05) is 42.0 Å². The van der Waals surface area contributed by atoms with E-state index in [2.05, 4.69) is 5.32 Å². The number of hydrogen-bond donors (Lipinski definition) is 1. The Hall–Kier alpha value is -3.54. The van der Waals surface area contributed by atoms with Crippen molar-refractivity contribution in [3.8, 4) is 5.75 Å². The summed E-state index contributed by atoms with van der Waals surface area (Å²) in [6, 6.07) is 17.7. The number of nitrogens with one attached hydrogen (secondary N) is 1. The van der Waals surface area contributed by atoms with Gasteiger partial charge in [-0.05, 0) is 36.8 Å². The standard InChI is InChI=1S/C22H21NO5/c1-15-5-7-16(8-6-15)14-23-21(24)20(17-9-11-18(26-2)12-10-17)28-22(25)19-4-3-13-27-19/h3-13,20H,14H2,1-2H3,(H,23,24)/t20-/m0/s1. The molecule has 28 heavy (non-hydrogen) atoms. The first-order valence-corrected chi connectivity index (χ1v) is 8.78. The molecule has 2 aromatic carbocycles. The number of benzene rings is 2. The largest absolute Gasteiger partial charge is 0.497 e. The van der Waals surface area contributed by atoms with Crippen LogP contribution in [0.3, 0.4) is 0 Å². The minimum atomic E-state index is -1.12. The summed E-state index contributed by atoms with van der Waals surface area (Å²) in [6.45, 7) is 2.32. The van der Waals surface area contributed by atoms with E-state index in [1.54, 1.807) is 37.4 Å². The predicted octanol–water partition coefficient (Wildman–Crippen LogP) is 3.81. The van der Waals surface area contributed by atoms with Gasteiger partial charge in [-0.2, -0.15) is 0 Å². The monoisotopic (exact) mass is 379 g/mol. The summed E-state index contributed by atoms with van der Waals surface area (Å²) in [6.07, 6.45) is 0.255. The molecule has 3 rings (SSSR count). The molecule has 0 saturated heterocycles. The van der Waals surface area contributed by atoms with Crippen LogP contribution in [0.15, 0.2) is 71.3 Å². The first-order valence-electron chi connectivity index (χ1n) is 8.78. The van der Waals surface area contributed by atoms with E-state index in [0.29, 0.717) is 17.9 Å². The van der Waals surface area contributed by atoms with Crippen LogP contribution < -0.4 is 10.1 Å². The van der Waals surface area contributed by atoms with E-state index >= 15 is 0 Å². The van der Waals surface area contributed by atoms with Gasteiger partial charge in [0.1, 0.15) is 5.75 Å². The number of furan rings is 1. The molecule has 0 aliphatic rings. The van der Waals surface area contributed by atoms with Crippen LogP contribution in [-0.4, -0.2) is 19.0 Å². The third-order valence-electron chi connectivity index (χ3n) is 4.19. The molecule has 0 bridgehead atoms. The van der Waals surface area contributed by atoms with Crippen LogP contribution in [0.1, 0.15) is 33.3 Å². The van der Waals surface area contributed by atoms with Crippen LogP contribution in [0, 0.1) is 6.92 Å². The van der Waals surface area contributed by atoms with Crippen molar-refractivity contribution in [2.75, 3.05) is 7.11 Å². The van der Waals surface area contributed by atoms with Gasteiger partial charge in [0, 0.05) is 12.1 Å². The summed E-state index contributed by atoms with van der Waals surface area (Å²) >= 11 is 0. The number of aryl methyl sites for hydroxylation is 1. The fourth-order valence-corrected chi connectivity index (χ4v) is 2.60. The molecular weight excluding hydrogens is 358 g/mol. The summed E-state index contributed by atoms with van der Waals surface area (Å²) < 4.78 is 15.6. The summed E-state index contributed by atoms with van der Waals surface area (Å²) in [4.78, 5) is 25.1. The minimum absolute atomic E-state index is 0.0323. The maximum atomic E-state index is 12.8. The number of carbonyl (C=O) groups is 2. The topological polar surface area (TPSA) is 77.8 Å². The molecule has 0 aliphatic carbocycles. The van der Waals surface area contributed by atoms with Gasteiger partial charge >= 0.3 is 5.97 Å². The average molecular weight is 379 g/mol. The molecular formula is C22H21NO5. The van der Waals surface area contributed by atoms with Crippen molar-refractivity contribution in [1.29, 1.82) is 0 Å². The lowest BCUT2D eigenvalue weighted by atomic mass is 10.1. The first kappa shape index (κ1) is 19.2. The van der Waals surface area contributed by atoms with Crippen LogP contribution in [-0.2, 0) is 16.1 Å². The summed E-state index contributed by atoms with van der Waals surface area (Å²) in [5, 5.41) is 2.82. The second kappa shape index (κ2) is 8.90. The predicted molar refractivity (Wildman–Crippen MR) is 103 cm³/mol. The molecule has 6 heteroatoms. The molecule has 144 valence electrons. The van der Waals surface area contributed by atoms with E-state index in [-0.39, 0.29) is 5.76 Å². The molecule has 6 nitrogen and oxygen atoms in total. The molecule has 0 radical (unpaired) electrons. The van der Waals surface area contributed by atoms with Gasteiger partial charge in [-0.15, -0.1) is 0 Å². The third-order valence-corrected chi connectivity index (χ3v) is 4.19. The molecule has 1 N–H and O–H groups in total. The number of rotatable bonds is 7. The quantitative estimate of drug-likeness (QED) is 0.632. The molecule has 1 atom stereocenters. The lowest BCUT2D eigenvalue weighted by molar-refractivity contribution is -0.130. The second-order valence-electron chi connectivity index (χ2n) is 6.24. The second-order valence-corrected chi connectivity index (χ2v) is 6.24. The highest BCUT2D eigenvalue weighted by molar-refractivity contribution is 5.90. The van der Waals surface area contributed by atoms with Gasteiger partial charge in [0.05, 0.1) is 13.4 Å². The maximum absolute atomic E-state index is 12.8. The summed E-state index contributed by atoms with van der Waals surface area (Å²) in [5.74, 6) is -0.466. The lowest BCUT2D eigenvalue weighted by Gasteiger charge is -2.18. The Morgan fingerprint density at radius 1 is 1.04 bits per heavy atom. The number of carbonyl (C=O) groups excluding carboxylic acids is 2. The number of methoxy groups -OCH3 is 1. The van der Waals surface area contributed by atoms with Crippen LogP contribution >= 0.6 is 0 Å². The molecule has 0 saturated carbocycles. The zero-order valence-electron chi connectivity index (χ0n) is 15.7. The molecule has 0 spiro atoms. The number of hydrogen-bond acceptors (Lipinski definition) is 5. The number of ether oxygens (including phenoxy) is 2. The van der Waals surface area contributed by atoms with Crippen molar-refractivity contribution in [2.45, 2.75) is 19.6 Å². The molecule has 0 unspecified atom stereocenters. The number of amides is 1. The van der Waals surface area contributed by atoms with Crippen molar-refractivity contribution in [1.82, 2.24) is 5.32 Å². The Labute approximate surface area is 163 Å². The van der Waals surface area contributed by atoms with Gasteiger partial charge in [0.2, 0.25) is 11.9 Å². The van der Waals surface area contributed by atoms with Gasteiger partial charge in [-0.3, -0.25) is 4.79 Å².